The zero-order valence-corrected chi connectivity index (χ0v) is 20.2. The van der Waals surface area contributed by atoms with Gasteiger partial charge in [0.15, 0.2) is 11.5 Å². The van der Waals surface area contributed by atoms with E-state index in [4.69, 9.17) is 14.2 Å². The van der Waals surface area contributed by atoms with Gasteiger partial charge in [0.25, 0.3) is 5.91 Å². The number of amides is 2. The number of ether oxygens (including phenoxy) is 3. The molecule has 0 unspecified atom stereocenters. The van der Waals surface area contributed by atoms with Gasteiger partial charge in [-0.3, -0.25) is 4.79 Å². The van der Waals surface area contributed by atoms with Crippen molar-refractivity contribution in [3.63, 3.8) is 0 Å². The summed E-state index contributed by atoms with van der Waals surface area (Å²) in [6.45, 7) is 2.71. The Balaban J connectivity index is 1.23. The van der Waals surface area contributed by atoms with Crippen molar-refractivity contribution in [2.24, 2.45) is 0 Å². The van der Waals surface area contributed by atoms with Crippen LogP contribution in [0, 0.1) is 0 Å². The number of carbonyl (C=O) groups is 2. The lowest BCUT2D eigenvalue weighted by Crippen LogP contribution is -2.49. The zero-order valence-electron chi connectivity index (χ0n) is 20.2. The summed E-state index contributed by atoms with van der Waals surface area (Å²) in [6, 6.07) is 20.8. The molecule has 8 nitrogen and oxygen atoms in total. The molecule has 1 saturated heterocycles. The van der Waals surface area contributed by atoms with Crippen molar-refractivity contribution < 1.29 is 23.8 Å². The van der Waals surface area contributed by atoms with Crippen LogP contribution in [0.3, 0.4) is 0 Å². The number of hydrogen-bond acceptors (Lipinski definition) is 6. The lowest BCUT2D eigenvalue weighted by atomic mass is 10.0. The minimum atomic E-state index is -0.362. The Kier molecular flexibility index (Phi) is 6.49. The Labute approximate surface area is 209 Å². The summed E-state index contributed by atoms with van der Waals surface area (Å²) in [5.74, 6) is 1.34. The second-order valence-electron chi connectivity index (χ2n) is 8.51. The van der Waals surface area contributed by atoms with Gasteiger partial charge in [-0.05, 0) is 42.0 Å². The largest absolute Gasteiger partial charge is 0.493 e. The van der Waals surface area contributed by atoms with Crippen molar-refractivity contribution >= 4 is 35.0 Å². The summed E-state index contributed by atoms with van der Waals surface area (Å²) >= 11 is 0. The third kappa shape index (κ3) is 4.70. The van der Waals surface area contributed by atoms with E-state index in [9.17, 15) is 9.59 Å². The SMILES string of the molecule is COc1cc2c(cc1OC)/C(=C\c1ccc(OC(=O)N3CCN(c4ccccc4)CC3)cc1)C(=O)N2. The molecule has 0 aliphatic carbocycles. The maximum absolute atomic E-state index is 12.7. The summed E-state index contributed by atoms with van der Waals surface area (Å²) < 4.78 is 16.3. The zero-order chi connectivity index (χ0) is 25.1. The third-order valence-electron chi connectivity index (χ3n) is 6.36. The first kappa shape index (κ1) is 23.3. The van der Waals surface area contributed by atoms with Crippen LogP contribution in [0.25, 0.3) is 11.6 Å². The number of rotatable bonds is 5. The van der Waals surface area contributed by atoms with E-state index in [1.54, 1.807) is 49.5 Å². The van der Waals surface area contributed by atoms with E-state index in [-0.39, 0.29) is 12.0 Å². The van der Waals surface area contributed by atoms with Crippen molar-refractivity contribution in [1.82, 2.24) is 4.90 Å². The number of anilines is 2. The van der Waals surface area contributed by atoms with Crippen LogP contribution in [0.5, 0.6) is 17.2 Å². The summed E-state index contributed by atoms with van der Waals surface area (Å²) in [6.07, 6.45) is 1.43. The second-order valence-corrected chi connectivity index (χ2v) is 8.51. The molecule has 2 aliphatic rings. The van der Waals surface area contributed by atoms with E-state index in [0.29, 0.717) is 41.6 Å². The van der Waals surface area contributed by atoms with Gasteiger partial charge in [0, 0.05) is 49.1 Å². The average Bonchev–Trinajstić information content (AvgIpc) is 3.22. The third-order valence-corrected chi connectivity index (χ3v) is 6.36. The molecule has 5 rings (SSSR count). The van der Waals surface area contributed by atoms with Crippen LogP contribution < -0.4 is 24.4 Å². The van der Waals surface area contributed by atoms with E-state index in [0.717, 1.165) is 29.9 Å². The first-order valence-corrected chi connectivity index (χ1v) is 11.7. The van der Waals surface area contributed by atoms with E-state index in [1.165, 1.54) is 0 Å². The molecule has 0 bridgehead atoms. The second kappa shape index (κ2) is 10.0. The van der Waals surface area contributed by atoms with Gasteiger partial charge in [-0.1, -0.05) is 30.3 Å². The molecule has 184 valence electrons. The fourth-order valence-electron chi connectivity index (χ4n) is 4.41. The first-order valence-electron chi connectivity index (χ1n) is 11.7. The summed E-state index contributed by atoms with van der Waals surface area (Å²) in [7, 11) is 3.11. The van der Waals surface area contributed by atoms with Crippen LogP contribution in [-0.4, -0.2) is 57.3 Å². The van der Waals surface area contributed by atoms with Crippen molar-refractivity contribution in [1.29, 1.82) is 0 Å². The number of para-hydroxylation sites is 1. The Bertz CT molecular complexity index is 1300. The predicted molar refractivity (Wildman–Crippen MR) is 139 cm³/mol. The molecule has 36 heavy (non-hydrogen) atoms. The van der Waals surface area contributed by atoms with Gasteiger partial charge in [0.1, 0.15) is 5.75 Å². The van der Waals surface area contributed by atoms with Gasteiger partial charge in [0.2, 0.25) is 0 Å². The molecule has 0 spiro atoms. The fourth-order valence-corrected chi connectivity index (χ4v) is 4.41. The highest BCUT2D eigenvalue weighted by Crippen LogP contribution is 2.41. The van der Waals surface area contributed by atoms with Crippen molar-refractivity contribution in [3.8, 4) is 17.2 Å². The number of hydrogen-bond donors (Lipinski definition) is 1. The van der Waals surface area contributed by atoms with Gasteiger partial charge in [0.05, 0.1) is 19.9 Å². The number of benzene rings is 3. The van der Waals surface area contributed by atoms with Gasteiger partial charge in [-0.2, -0.15) is 0 Å². The molecule has 3 aromatic carbocycles. The Morgan fingerprint density at radius 2 is 1.56 bits per heavy atom. The van der Waals surface area contributed by atoms with Crippen LogP contribution in [0.15, 0.2) is 66.7 Å². The molecule has 0 saturated carbocycles. The molecule has 1 N–H and O–H groups in total. The maximum Gasteiger partial charge on any atom is 0.415 e. The van der Waals surface area contributed by atoms with Gasteiger partial charge < -0.3 is 29.3 Å². The van der Waals surface area contributed by atoms with Crippen LogP contribution >= 0.6 is 0 Å². The van der Waals surface area contributed by atoms with Gasteiger partial charge in [-0.25, -0.2) is 4.79 Å². The fraction of sp³-hybridized carbons (Fsp3) is 0.214. The van der Waals surface area contributed by atoms with Crippen molar-refractivity contribution in [2.45, 2.75) is 0 Å². The highest BCUT2D eigenvalue weighted by molar-refractivity contribution is 6.35. The molecule has 1 fully saturated rings. The molecule has 2 aliphatic heterocycles. The van der Waals surface area contributed by atoms with E-state index < -0.39 is 0 Å². The van der Waals surface area contributed by atoms with E-state index in [2.05, 4.69) is 22.3 Å². The van der Waals surface area contributed by atoms with Gasteiger partial charge >= 0.3 is 6.09 Å². The number of carbonyl (C=O) groups excluding carboxylic acids is 2. The highest BCUT2D eigenvalue weighted by atomic mass is 16.6. The van der Waals surface area contributed by atoms with Crippen LogP contribution in [0.4, 0.5) is 16.2 Å². The summed E-state index contributed by atoms with van der Waals surface area (Å²) in [5.41, 5.74) is 3.89. The molecule has 0 atom stereocenters. The number of fused-ring (bicyclic) bond motifs is 1. The highest BCUT2D eigenvalue weighted by Gasteiger charge is 2.27. The lowest BCUT2D eigenvalue weighted by Gasteiger charge is -2.35. The number of nitrogens with zero attached hydrogens (tertiary/aromatic N) is 2. The molecule has 2 heterocycles. The van der Waals surface area contributed by atoms with E-state index >= 15 is 0 Å². The Morgan fingerprint density at radius 1 is 0.889 bits per heavy atom. The number of methoxy groups -OCH3 is 2. The molecular weight excluding hydrogens is 458 g/mol. The molecule has 0 aromatic heterocycles. The monoisotopic (exact) mass is 485 g/mol. The quantitative estimate of drug-likeness (QED) is 0.536. The van der Waals surface area contributed by atoms with E-state index in [1.807, 2.05) is 30.3 Å². The van der Waals surface area contributed by atoms with Crippen LogP contribution in [-0.2, 0) is 4.79 Å². The van der Waals surface area contributed by atoms with Crippen LogP contribution in [0.2, 0.25) is 0 Å². The molecular formula is C28H27N3O5. The molecule has 3 aromatic rings. The molecule has 8 heteroatoms. The molecule has 0 radical (unpaired) electrons. The Morgan fingerprint density at radius 3 is 2.22 bits per heavy atom. The average molecular weight is 486 g/mol. The van der Waals surface area contributed by atoms with Crippen molar-refractivity contribution in [3.05, 3.63) is 77.9 Å². The maximum atomic E-state index is 12.7. The minimum Gasteiger partial charge on any atom is -0.493 e. The molecule has 2 amide bonds. The standard InChI is InChI=1S/C28H27N3O5/c1-34-25-17-22-23(27(32)29-24(22)18-26(25)35-2)16-19-8-10-21(11-9-19)36-28(33)31-14-12-30(13-15-31)20-6-4-3-5-7-20/h3-11,16-18H,12-15H2,1-2H3,(H,29,32)/b23-16+. The summed E-state index contributed by atoms with van der Waals surface area (Å²) in [5, 5.41) is 2.86. The predicted octanol–water partition coefficient (Wildman–Crippen LogP) is 4.52. The van der Waals surface area contributed by atoms with Crippen molar-refractivity contribution in [2.75, 3.05) is 50.6 Å². The summed E-state index contributed by atoms with van der Waals surface area (Å²) in [4.78, 5) is 29.2. The lowest BCUT2D eigenvalue weighted by molar-refractivity contribution is -0.110. The smallest absolute Gasteiger partial charge is 0.415 e. The van der Waals surface area contributed by atoms with Gasteiger partial charge in [-0.15, -0.1) is 0 Å². The number of nitrogens with one attached hydrogen (secondary N) is 1. The minimum absolute atomic E-state index is 0.203. The first-order chi connectivity index (χ1) is 17.6. The topological polar surface area (TPSA) is 80.3 Å². The number of piperazine rings is 1. The van der Waals surface area contributed by atoms with Crippen LogP contribution in [0.1, 0.15) is 11.1 Å². The Hall–Kier alpha value is -4.46. The normalized spacial score (nSPS) is 15.9.